The summed E-state index contributed by atoms with van der Waals surface area (Å²) >= 11 is 0. The molecule has 0 rings (SSSR count). The molecule has 0 aromatic rings. The number of hydrogen-bond acceptors (Lipinski definition) is 1. The zero-order valence-electron chi connectivity index (χ0n) is 6.44. The van der Waals surface area contributed by atoms with Crippen LogP contribution in [0.25, 0.3) is 0 Å². The average molecular weight is 125 g/mol. The van der Waals surface area contributed by atoms with Gasteiger partial charge >= 0.3 is 0 Å². The van der Waals surface area contributed by atoms with Crippen LogP contribution in [-0.4, -0.2) is 6.54 Å². The standard InChI is InChI=1S/C8H15N/c1-4-6-7-8(3)9-5-2/h4,6-7,9H,5H2,1-3H3/b6-4-,8-7-. The molecule has 9 heavy (non-hydrogen) atoms. The van der Waals surface area contributed by atoms with Crippen molar-refractivity contribution >= 4 is 0 Å². The lowest BCUT2D eigenvalue weighted by molar-refractivity contribution is 0.854. The molecule has 0 aromatic heterocycles. The summed E-state index contributed by atoms with van der Waals surface area (Å²) in [5.41, 5.74) is 1.22. The second kappa shape index (κ2) is 5.42. The lowest BCUT2D eigenvalue weighted by Gasteiger charge is -1.98. The molecule has 1 N–H and O–H groups in total. The molecule has 0 saturated heterocycles. The minimum absolute atomic E-state index is 1.000. The molecular formula is C8H15N. The number of rotatable bonds is 3. The Balaban J connectivity index is 3.55. The molecule has 0 saturated carbocycles. The highest BCUT2D eigenvalue weighted by Gasteiger charge is 1.77. The van der Waals surface area contributed by atoms with Gasteiger partial charge in [-0.25, -0.2) is 0 Å². The Morgan fingerprint density at radius 1 is 1.56 bits per heavy atom. The van der Waals surface area contributed by atoms with Crippen LogP contribution in [0.1, 0.15) is 20.8 Å². The van der Waals surface area contributed by atoms with Gasteiger partial charge in [-0.05, 0) is 26.8 Å². The molecule has 0 spiro atoms. The average Bonchev–Trinajstić information content (AvgIpc) is 1.85. The van der Waals surface area contributed by atoms with Crippen LogP contribution in [0, 0.1) is 0 Å². The van der Waals surface area contributed by atoms with E-state index in [-0.39, 0.29) is 0 Å². The molecule has 0 amide bonds. The maximum Gasteiger partial charge on any atom is 0.0115 e. The molecule has 52 valence electrons. The van der Waals surface area contributed by atoms with Crippen LogP contribution in [0.2, 0.25) is 0 Å². The van der Waals surface area contributed by atoms with E-state index in [9.17, 15) is 0 Å². The van der Waals surface area contributed by atoms with E-state index in [1.807, 2.05) is 19.1 Å². The number of allylic oxidation sites excluding steroid dienone is 4. The SMILES string of the molecule is C/C=C\C=C(\C)NCC. The first kappa shape index (κ1) is 8.28. The van der Waals surface area contributed by atoms with Crippen molar-refractivity contribution in [2.45, 2.75) is 20.8 Å². The molecule has 0 aliphatic heterocycles. The van der Waals surface area contributed by atoms with E-state index in [1.54, 1.807) is 0 Å². The van der Waals surface area contributed by atoms with Crippen LogP contribution in [0.3, 0.4) is 0 Å². The summed E-state index contributed by atoms with van der Waals surface area (Å²) in [5, 5.41) is 3.19. The number of hydrogen-bond donors (Lipinski definition) is 1. The Hall–Kier alpha value is -0.720. The predicted octanol–water partition coefficient (Wildman–Crippen LogP) is 2.08. The van der Waals surface area contributed by atoms with Crippen LogP contribution in [0.5, 0.6) is 0 Å². The quantitative estimate of drug-likeness (QED) is 0.569. The topological polar surface area (TPSA) is 12.0 Å². The van der Waals surface area contributed by atoms with Crippen LogP contribution in [0.4, 0.5) is 0 Å². The highest BCUT2D eigenvalue weighted by atomic mass is 14.8. The Morgan fingerprint density at radius 2 is 2.22 bits per heavy atom. The van der Waals surface area contributed by atoms with E-state index in [1.165, 1.54) is 5.70 Å². The van der Waals surface area contributed by atoms with Crippen molar-refractivity contribution in [1.82, 2.24) is 5.32 Å². The lowest BCUT2D eigenvalue weighted by atomic mass is 10.4. The summed E-state index contributed by atoms with van der Waals surface area (Å²) in [6.45, 7) is 7.16. The zero-order valence-corrected chi connectivity index (χ0v) is 6.44. The Kier molecular flexibility index (Phi) is 4.98. The van der Waals surface area contributed by atoms with Gasteiger partial charge in [0, 0.05) is 12.2 Å². The highest BCUT2D eigenvalue weighted by Crippen LogP contribution is 1.85. The summed E-state index contributed by atoms with van der Waals surface area (Å²) in [6.07, 6.45) is 6.10. The number of nitrogens with one attached hydrogen (secondary N) is 1. The molecular weight excluding hydrogens is 110 g/mol. The molecule has 0 atom stereocenters. The van der Waals surface area contributed by atoms with Crippen molar-refractivity contribution in [3.05, 3.63) is 23.9 Å². The molecule has 0 heterocycles. The highest BCUT2D eigenvalue weighted by molar-refractivity contribution is 5.07. The van der Waals surface area contributed by atoms with Gasteiger partial charge < -0.3 is 5.32 Å². The molecule has 0 fully saturated rings. The maximum absolute atomic E-state index is 3.19. The van der Waals surface area contributed by atoms with Crippen molar-refractivity contribution in [3.8, 4) is 0 Å². The van der Waals surface area contributed by atoms with Gasteiger partial charge in [0.15, 0.2) is 0 Å². The van der Waals surface area contributed by atoms with Gasteiger partial charge in [-0.15, -0.1) is 0 Å². The Bertz CT molecular complexity index is 112. The van der Waals surface area contributed by atoms with E-state index in [0.29, 0.717) is 0 Å². The summed E-state index contributed by atoms with van der Waals surface area (Å²) in [7, 11) is 0. The van der Waals surface area contributed by atoms with Crippen LogP contribution in [0.15, 0.2) is 23.9 Å². The molecule has 0 aliphatic rings. The summed E-state index contributed by atoms with van der Waals surface area (Å²) < 4.78 is 0. The van der Waals surface area contributed by atoms with Gasteiger partial charge in [-0.3, -0.25) is 0 Å². The first-order chi connectivity index (χ1) is 4.31. The van der Waals surface area contributed by atoms with E-state index in [0.717, 1.165) is 6.54 Å². The van der Waals surface area contributed by atoms with Gasteiger partial charge in [0.1, 0.15) is 0 Å². The van der Waals surface area contributed by atoms with Gasteiger partial charge in [-0.1, -0.05) is 12.2 Å². The molecule has 0 bridgehead atoms. The first-order valence-corrected chi connectivity index (χ1v) is 3.34. The monoisotopic (exact) mass is 125 g/mol. The minimum atomic E-state index is 1.000. The van der Waals surface area contributed by atoms with Crippen LogP contribution in [-0.2, 0) is 0 Å². The second-order valence-corrected chi connectivity index (χ2v) is 1.91. The van der Waals surface area contributed by atoms with Gasteiger partial charge in [0.05, 0.1) is 0 Å². The van der Waals surface area contributed by atoms with E-state index >= 15 is 0 Å². The minimum Gasteiger partial charge on any atom is -0.389 e. The van der Waals surface area contributed by atoms with Crippen molar-refractivity contribution in [2.24, 2.45) is 0 Å². The van der Waals surface area contributed by atoms with E-state index in [2.05, 4.69) is 25.2 Å². The Labute approximate surface area is 57.5 Å². The zero-order chi connectivity index (χ0) is 7.11. The predicted molar refractivity (Wildman–Crippen MR) is 42.2 cm³/mol. The molecule has 0 radical (unpaired) electrons. The second-order valence-electron chi connectivity index (χ2n) is 1.91. The van der Waals surface area contributed by atoms with Gasteiger partial charge in [0.25, 0.3) is 0 Å². The first-order valence-electron chi connectivity index (χ1n) is 3.34. The third-order valence-corrected chi connectivity index (χ3v) is 0.994. The third-order valence-electron chi connectivity index (χ3n) is 0.994. The van der Waals surface area contributed by atoms with Crippen LogP contribution < -0.4 is 5.32 Å². The molecule has 0 aliphatic carbocycles. The fraction of sp³-hybridized carbons (Fsp3) is 0.500. The normalized spacial score (nSPS) is 12.6. The van der Waals surface area contributed by atoms with Crippen LogP contribution >= 0.6 is 0 Å². The van der Waals surface area contributed by atoms with Gasteiger partial charge in [-0.2, -0.15) is 0 Å². The molecule has 1 nitrogen and oxygen atoms in total. The van der Waals surface area contributed by atoms with Crippen molar-refractivity contribution < 1.29 is 0 Å². The molecule has 1 heteroatoms. The third kappa shape index (κ3) is 5.15. The van der Waals surface area contributed by atoms with E-state index < -0.39 is 0 Å². The fourth-order valence-corrected chi connectivity index (χ4v) is 0.578. The fourth-order valence-electron chi connectivity index (χ4n) is 0.578. The van der Waals surface area contributed by atoms with Gasteiger partial charge in [0.2, 0.25) is 0 Å². The van der Waals surface area contributed by atoms with E-state index in [4.69, 9.17) is 0 Å². The smallest absolute Gasteiger partial charge is 0.0115 e. The summed E-state index contributed by atoms with van der Waals surface area (Å²) in [6, 6.07) is 0. The summed E-state index contributed by atoms with van der Waals surface area (Å²) in [4.78, 5) is 0. The Morgan fingerprint density at radius 3 is 2.67 bits per heavy atom. The summed E-state index contributed by atoms with van der Waals surface area (Å²) in [5.74, 6) is 0. The molecule has 0 unspecified atom stereocenters. The van der Waals surface area contributed by atoms with Crippen molar-refractivity contribution in [2.75, 3.05) is 6.54 Å². The lowest BCUT2D eigenvalue weighted by Crippen LogP contribution is -2.08. The molecule has 0 aromatic carbocycles. The van der Waals surface area contributed by atoms with Crippen molar-refractivity contribution in [3.63, 3.8) is 0 Å². The maximum atomic E-state index is 3.19. The largest absolute Gasteiger partial charge is 0.389 e. The van der Waals surface area contributed by atoms with Crippen molar-refractivity contribution in [1.29, 1.82) is 0 Å².